The lowest BCUT2D eigenvalue weighted by molar-refractivity contribution is 0.377. The fraction of sp³-hybridized carbons (Fsp3) is 0.727. The number of nitrogens with zero attached hydrogens (tertiary/aromatic N) is 2. The first kappa shape index (κ1) is 9.85. The maximum Gasteiger partial charge on any atom is 0.114 e. The Bertz CT molecular complexity index is 406. The van der Waals surface area contributed by atoms with Crippen LogP contribution in [0.4, 0.5) is 0 Å². The van der Waals surface area contributed by atoms with Gasteiger partial charge in [-0.2, -0.15) is 0 Å². The van der Waals surface area contributed by atoms with Crippen molar-refractivity contribution < 1.29 is 0 Å². The van der Waals surface area contributed by atoms with Crippen LogP contribution < -0.4 is 5.73 Å². The monoisotopic (exact) mass is 269 g/mol. The van der Waals surface area contributed by atoms with E-state index in [-0.39, 0.29) is 5.54 Å². The summed E-state index contributed by atoms with van der Waals surface area (Å²) in [7, 11) is 0. The number of halogens is 1. The fourth-order valence-electron chi connectivity index (χ4n) is 2.67. The summed E-state index contributed by atoms with van der Waals surface area (Å²) in [5, 5.41) is 0. The highest BCUT2D eigenvalue weighted by Crippen LogP contribution is 2.49. The average molecular weight is 270 g/mol. The highest BCUT2D eigenvalue weighted by molar-refractivity contribution is 9.10. The largest absolute Gasteiger partial charge is 0.324 e. The molecule has 3 rings (SSSR count). The van der Waals surface area contributed by atoms with E-state index in [1.807, 2.05) is 0 Å². The second kappa shape index (κ2) is 3.08. The van der Waals surface area contributed by atoms with E-state index in [0.29, 0.717) is 5.92 Å². The predicted molar refractivity (Wildman–Crippen MR) is 62.8 cm³/mol. The normalized spacial score (nSPS) is 27.5. The maximum absolute atomic E-state index is 6.33. The van der Waals surface area contributed by atoms with Crippen molar-refractivity contribution >= 4 is 15.9 Å². The van der Waals surface area contributed by atoms with Crippen molar-refractivity contribution in [1.82, 2.24) is 9.55 Å². The van der Waals surface area contributed by atoms with Gasteiger partial charge in [0.2, 0.25) is 0 Å². The maximum atomic E-state index is 6.33. The molecule has 0 radical (unpaired) electrons. The Morgan fingerprint density at radius 2 is 2.27 bits per heavy atom. The Balaban J connectivity index is 2.07. The molecular weight excluding hydrogens is 254 g/mol. The summed E-state index contributed by atoms with van der Waals surface area (Å²) in [4.78, 5) is 4.67. The van der Waals surface area contributed by atoms with E-state index in [1.165, 1.54) is 31.5 Å². The summed E-state index contributed by atoms with van der Waals surface area (Å²) in [6.07, 6.45) is 4.77. The molecule has 15 heavy (non-hydrogen) atoms. The molecule has 0 aromatic carbocycles. The van der Waals surface area contributed by atoms with Gasteiger partial charge >= 0.3 is 0 Å². The molecule has 1 saturated carbocycles. The molecule has 1 aromatic heterocycles. The molecule has 0 amide bonds. The van der Waals surface area contributed by atoms with Crippen LogP contribution in [0.15, 0.2) is 4.60 Å². The third-order valence-electron chi connectivity index (χ3n) is 3.80. The van der Waals surface area contributed by atoms with Gasteiger partial charge in [0, 0.05) is 18.0 Å². The summed E-state index contributed by atoms with van der Waals surface area (Å²) in [5.41, 5.74) is 7.49. The summed E-state index contributed by atoms with van der Waals surface area (Å²) in [6.45, 7) is 3.14. The van der Waals surface area contributed by atoms with Crippen LogP contribution >= 0.6 is 15.9 Å². The minimum Gasteiger partial charge on any atom is -0.324 e. The zero-order valence-electron chi connectivity index (χ0n) is 8.96. The molecule has 0 bridgehead atoms. The molecule has 4 heteroatoms. The van der Waals surface area contributed by atoms with Crippen LogP contribution in [-0.4, -0.2) is 15.1 Å². The highest BCUT2D eigenvalue weighted by atomic mass is 79.9. The number of hydrogen-bond donors (Lipinski definition) is 1. The number of nitrogens with two attached hydrogens (primary N) is 1. The van der Waals surface area contributed by atoms with Gasteiger partial charge in [-0.05, 0) is 48.5 Å². The van der Waals surface area contributed by atoms with Crippen molar-refractivity contribution in [1.29, 1.82) is 0 Å². The molecule has 2 N–H and O–H groups in total. The molecule has 1 aliphatic heterocycles. The van der Waals surface area contributed by atoms with Crippen molar-refractivity contribution in [2.45, 2.75) is 50.6 Å². The average Bonchev–Trinajstić information content (AvgIpc) is 2.90. The van der Waals surface area contributed by atoms with Crippen molar-refractivity contribution in [3.63, 3.8) is 0 Å². The number of hydrogen-bond acceptors (Lipinski definition) is 2. The van der Waals surface area contributed by atoms with Crippen LogP contribution in [-0.2, 0) is 6.54 Å². The van der Waals surface area contributed by atoms with Gasteiger partial charge in [0.05, 0.1) is 5.69 Å². The SMILES string of the molecule is Cc1nc2n(c1Br)CCCC2C1(N)CC1. The van der Waals surface area contributed by atoms with Gasteiger partial charge in [0.25, 0.3) is 0 Å². The lowest BCUT2D eigenvalue weighted by atomic mass is 9.89. The summed E-state index contributed by atoms with van der Waals surface area (Å²) >= 11 is 3.61. The van der Waals surface area contributed by atoms with Crippen LogP contribution in [0.1, 0.15) is 43.1 Å². The molecule has 1 unspecified atom stereocenters. The molecule has 2 heterocycles. The standard InChI is InChI=1S/C11H16BrN3/c1-7-9(12)15-6-2-3-8(10(15)14-7)11(13)4-5-11/h8H,2-6,13H2,1H3. The first-order chi connectivity index (χ1) is 7.12. The Morgan fingerprint density at radius 3 is 2.93 bits per heavy atom. The van der Waals surface area contributed by atoms with E-state index in [1.54, 1.807) is 0 Å². The molecule has 1 aliphatic carbocycles. The number of aryl methyl sites for hydroxylation is 1. The van der Waals surface area contributed by atoms with Gasteiger partial charge in [-0.25, -0.2) is 4.98 Å². The second-order valence-corrected chi connectivity index (χ2v) is 5.68. The van der Waals surface area contributed by atoms with Gasteiger partial charge < -0.3 is 10.3 Å². The Kier molecular flexibility index (Phi) is 2.02. The molecule has 82 valence electrons. The van der Waals surface area contributed by atoms with E-state index < -0.39 is 0 Å². The third kappa shape index (κ3) is 1.38. The zero-order valence-corrected chi connectivity index (χ0v) is 10.5. The van der Waals surface area contributed by atoms with Crippen LogP contribution in [0.25, 0.3) is 0 Å². The molecule has 1 aromatic rings. The van der Waals surface area contributed by atoms with Crippen LogP contribution in [0.3, 0.4) is 0 Å². The van der Waals surface area contributed by atoms with Gasteiger partial charge in [-0.15, -0.1) is 0 Å². The summed E-state index contributed by atoms with van der Waals surface area (Å²) < 4.78 is 3.45. The van der Waals surface area contributed by atoms with Crippen molar-refractivity contribution in [2.24, 2.45) is 5.73 Å². The van der Waals surface area contributed by atoms with Crippen LogP contribution in [0, 0.1) is 6.92 Å². The zero-order chi connectivity index (χ0) is 10.6. The Labute approximate surface area is 98.2 Å². The fourth-order valence-corrected chi connectivity index (χ4v) is 3.12. The smallest absolute Gasteiger partial charge is 0.114 e. The Hall–Kier alpha value is -0.350. The topological polar surface area (TPSA) is 43.8 Å². The lowest BCUT2D eigenvalue weighted by Crippen LogP contribution is -2.35. The molecule has 1 fully saturated rings. The molecule has 1 atom stereocenters. The van der Waals surface area contributed by atoms with E-state index in [2.05, 4.69) is 32.4 Å². The lowest BCUT2D eigenvalue weighted by Gasteiger charge is -2.28. The summed E-state index contributed by atoms with van der Waals surface area (Å²) in [5.74, 6) is 1.70. The molecule has 2 aliphatic rings. The second-order valence-electron chi connectivity index (χ2n) is 4.93. The third-order valence-corrected chi connectivity index (χ3v) is 4.80. The quantitative estimate of drug-likeness (QED) is 0.851. The van der Waals surface area contributed by atoms with E-state index in [4.69, 9.17) is 5.73 Å². The minimum absolute atomic E-state index is 0.0649. The van der Waals surface area contributed by atoms with Crippen molar-refractivity contribution in [2.75, 3.05) is 0 Å². The van der Waals surface area contributed by atoms with Crippen molar-refractivity contribution in [3.8, 4) is 0 Å². The van der Waals surface area contributed by atoms with E-state index in [9.17, 15) is 0 Å². The number of aromatic nitrogens is 2. The van der Waals surface area contributed by atoms with Gasteiger partial charge in [0.15, 0.2) is 0 Å². The van der Waals surface area contributed by atoms with Crippen molar-refractivity contribution in [3.05, 3.63) is 16.1 Å². The first-order valence-corrected chi connectivity index (χ1v) is 6.42. The highest BCUT2D eigenvalue weighted by Gasteiger charge is 2.48. The number of fused-ring (bicyclic) bond motifs is 1. The molecule has 0 spiro atoms. The Morgan fingerprint density at radius 1 is 1.53 bits per heavy atom. The number of imidazole rings is 1. The molecule has 3 nitrogen and oxygen atoms in total. The predicted octanol–water partition coefficient (Wildman–Crippen LogP) is 2.32. The van der Waals surface area contributed by atoms with E-state index in [0.717, 1.165) is 16.8 Å². The van der Waals surface area contributed by atoms with Gasteiger partial charge in [-0.1, -0.05) is 0 Å². The minimum atomic E-state index is 0.0649. The first-order valence-electron chi connectivity index (χ1n) is 5.63. The van der Waals surface area contributed by atoms with Gasteiger partial charge in [-0.3, -0.25) is 0 Å². The van der Waals surface area contributed by atoms with Gasteiger partial charge in [0.1, 0.15) is 10.4 Å². The molecular formula is C11H16BrN3. The van der Waals surface area contributed by atoms with Crippen LogP contribution in [0.5, 0.6) is 0 Å². The van der Waals surface area contributed by atoms with E-state index >= 15 is 0 Å². The molecule has 0 saturated heterocycles. The van der Waals surface area contributed by atoms with Crippen LogP contribution in [0.2, 0.25) is 0 Å². The number of rotatable bonds is 1. The summed E-state index contributed by atoms with van der Waals surface area (Å²) in [6, 6.07) is 0.